The molecule has 1 fully saturated rings. The van der Waals surface area contributed by atoms with Gasteiger partial charge in [0, 0.05) is 25.2 Å². The average Bonchev–Trinajstić information content (AvgIpc) is 2.64. The molecule has 138 valence electrons. The van der Waals surface area contributed by atoms with Crippen LogP contribution in [-0.4, -0.2) is 46.0 Å². The van der Waals surface area contributed by atoms with Gasteiger partial charge in [0.05, 0.1) is 27.6 Å². The number of rotatable bonds is 4. The molecule has 0 saturated carbocycles. The lowest BCUT2D eigenvalue weighted by molar-refractivity contribution is 0.0249. The Labute approximate surface area is 161 Å². The minimum absolute atomic E-state index is 0.0604. The van der Waals surface area contributed by atoms with Gasteiger partial charge in [-0.25, -0.2) is 9.97 Å². The molecule has 3 rings (SSSR count). The van der Waals surface area contributed by atoms with E-state index in [4.69, 9.17) is 40.1 Å². The van der Waals surface area contributed by atoms with Gasteiger partial charge in [-0.15, -0.1) is 0 Å². The van der Waals surface area contributed by atoms with Gasteiger partial charge in [-0.05, 0) is 18.9 Å². The van der Waals surface area contributed by atoms with E-state index in [9.17, 15) is 5.11 Å². The Kier molecular flexibility index (Phi) is 5.34. The number of nitrogens with one attached hydrogen (secondary N) is 1. The molecule has 1 aromatic heterocycles. The molecule has 0 radical (unpaired) electrons. The largest absolute Gasteiger partial charge is 0.388 e. The van der Waals surface area contributed by atoms with Crippen molar-refractivity contribution in [3.05, 3.63) is 45.7 Å². The summed E-state index contributed by atoms with van der Waals surface area (Å²) in [7, 11) is 0. The van der Waals surface area contributed by atoms with Crippen molar-refractivity contribution in [1.29, 1.82) is 5.41 Å². The molecule has 2 heterocycles. The van der Waals surface area contributed by atoms with Crippen LogP contribution in [0.3, 0.4) is 0 Å². The summed E-state index contributed by atoms with van der Waals surface area (Å²) in [6.07, 6.45) is 2.69. The fourth-order valence-corrected chi connectivity index (χ4v) is 3.31. The quantitative estimate of drug-likeness (QED) is 0.588. The second-order valence-electron chi connectivity index (χ2n) is 6.35. The predicted molar refractivity (Wildman–Crippen MR) is 104 cm³/mol. The van der Waals surface area contributed by atoms with Gasteiger partial charge in [0.1, 0.15) is 11.5 Å². The van der Waals surface area contributed by atoms with Crippen LogP contribution < -0.4 is 16.4 Å². The van der Waals surface area contributed by atoms with E-state index in [1.807, 2.05) is 4.90 Å². The van der Waals surface area contributed by atoms with E-state index in [-0.39, 0.29) is 28.8 Å². The Balaban J connectivity index is 1.82. The summed E-state index contributed by atoms with van der Waals surface area (Å²) >= 11 is 12.2. The smallest absolute Gasteiger partial charge is 0.154 e. The Morgan fingerprint density at radius 2 is 2.00 bits per heavy atom. The average molecular weight is 395 g/mol. The van der Waals surface area contributed by atoms with Gasteiger partial charge < -0.3 is 21.5 Å². The molecule has 1 saturated heterocycles. The Morgan fingerprint density at radius 1 is 1.31 bits per heavy atom. The van der Waals surface area contributed by atoms with Gasteiger partial charge in [0.2, 0.25) is 0 Å². The van der Waals surface area contributed by atoms with Crippen molar-refractivity contribution in [3.63, 3.8) is 0 Å². The van der Waals surface area contributed by atoms with Crippen LogP contribution in [0.1, 0.15) is 24.1 Å². The molecule has 0 atom stereocenters. The number of nitrogen functional groups attached to an aromatic ring is 1. The third-order valence-electron chi connectivity index (χ3n) is 4.64. The molecular formula is C17H20Cl2N6O. The van der Waals surface area contributed by atoms with E-state index < -0.39 is 5.60 Å². The van der Waals surface area contributed by atoms with Crippen molar-refractivity contribution in [3.8, 4) is 0 Å². The summed E-state index contributed by atoms with van der Waals surface area (Å²) in [6, 6.07) is 5.05. The molecule has 0 bridgehead atoms. The van der Waals surface area contributed by atoms with E-state index in [2.05, 4.69) is 9.97 Å². The molecule has 6 N–H and O–H groups in total. The van der Waals surface area contributed by atoms with Gasteiger partial charge in [-0.1, -0.05) is 35.3 Å². The van der Waals surface area contributed by atoms with Gasteiger partial charge >= 0.3 is 0 Å². The summed E-state index contributed by atoms with van der Waals surface area (Å²) in [5.74, 6) is 0.749. The number of anilines is 2. The maximum atomic E-state index is 10.2. The highest BCUT2D eigenvalue weighted by Gasteiger charge is 2.31. The first-order chi connectivity index (χ1) is 12.3. The molecule has 0 amide bonds. The second kappa shape index (κ2) is 7.36. The number of hydrogen-bond donors (Lipinski definition) is 4. The first-order valence-electron chi connectivity index (χ1n) is 8.18. The third kappa shape index (κ3) is 3.61. The fourth-order valence-electron chi connectivity index (χ4n) is 2.92. The lowest BCUT2D eigenvalue weighted by Gasteiger charge is -2.37. The van der Waals surface area contributed by atoms with Crippen LogP contribution in [0.4, 0.5) is 11.6 Å². The molecule has 0 aliphatic carbocycles. The van der Waals surface area contributed by atoms with E-state index >= 15 is 0 Å². The second-order valence-corrected chi connectivity index (χ2v) is 7.14. The minimum Gasteiger partial charge on any atom is -0.388 e. The van der Waals surface area contributed by atoms with Gasteiger partial charge in [-0.2, -0.15) is 0 Å². The van der Waals surface area contributed by atoms with Crippen molar-refractivity contribution in [2.75, 3.05) is 30.3 Å². The number of aliphatic hydroxyl groups is 1. The summed E-state index contributed by atoms with van der Waals surface area (Å²) in [6.45, 7) is 1.46. The highest BCUT2D eigenvalue weighted by atomic mass is 35.5. The number of piperidine rings is 1. The van der Waals surface area contributed by atoms with E-state index in [0.717, 1.165) is 0 Å². The molecular weight excluding hydrogens is 375 g/mol. The molecule has 2 aromatic rings. The van der Waals surface area contributed by atoms with Crippen molar-refractivity contribution in [1.82, 2.24) is 9.97 Å². The summed E-state index contributed by atoms with van der Waals surface area (Å²) in [5, 5.41) is 19.2. The van der Waals surface area contributed by atoms with Crippen LogP contribution >= 0.6 is 23.2 Å². The van der Waals surface area contributed by atoms with Gasteiger partial charge in [0.25, 0.3) is 0 Å². The zero-order valence-electron chi connectivity index (χ0n) is 14.0. The molecule has 1 aromatic carbocycles. The molecule has 1 aliphatic heterocycles. The van der Waals surface area contributed by atoms with Crippen LogP contribution in [0.5, 0.6) is 0 Å². The summed E-state index contributed by atoms with van der Waals surface area (Å²) < 4.78 is 0. The molecule has 7 nitrogen and oxygen atoms in total. The molecule has 0 unspecified atom stereocenters. The number of hydrogen-bond acceptors (Lipinski definition) is 7. The van der Waals surface area contributed by atoms with E-state index in [1.54, 1.807) is 24.4 Å². The highest BCUT2D eigenvalue weighted by Crippen LogP contribution is 2.29. The van der Waals surface area contributed by atoms with Crippen molar-refractivity contribution < 1.29 is 5.11 Å². The first kappa shape index (κ1) is 18.8. The summed E-state index contributed by atoms with van der Waals surface area (Å²) in [5.41, 5.74) is 11.6. The van der Waals surface area contributed by atoms with Crippen molar-refractivity contribution >= 4 is 40.5 Å². The standard InChI is InChI=1S/C17H20Cl2N6O/c18-11-3-1-2-10(13(11)19)14(21)15-16(22)24-12(8-23-15)25-6-4-17(26,9-20)5-7-25/h1-3,8,21,26H,4-7,9,20H2,(H2,22,24). The Morgan fingerprint density at radius 3 is 2.62 bits per heavy atom. The molecule has 0 spiro atoms. The highest BCUT2D eigenvalue weighted by molar-refractivity contribution is 6.44. The Hall–Kier alpha value is -1.93. The SMILES string of the molecule is N=C(c1cccc(Cl)c1Cl)c1ncc(N2CCC(O)(CN)CC2)nc1N. The minimum atomic E-state index is -0.819. The number of aromatic nitrogens is 2. The molecule has 1 aliphatic rings. The number of nitrogens with two attached hydrogens (primary N) is 2. The fraction of sp³-hybridized carbons (Fsp3) is 0.353. The number of nitrogens with zero attached hydrogens (tertiary/aromatic N) is 3. The van der Waals surface area contributed by atoms with Crippen molar-refractivity contribution in [2.45, 2.75) is 18.4 Å². The maximum Gasteiger partial charge on any atom is 0.154 e. The monoisotopic (exact) mass is 394 g/mol. The maximum absolute atomic E-state index is 10.2. The third-order valence-corrected chi connectivity index (χ3v) is 5.46. The lowest BCUT2D eigenvalue weighted by Crippen LogP contribution is -2.49. The van der Waals surface area contributed by atoms with Crippen LogP contribution in [-0.2, 0) is 0 Å². The van der Waals surface area contributed by atoms with Crippen molar-refractivity contribution in [2.24, 2.45) is 5.73 Å². The van der Waals surface area contributed by atoms with Gasteiger partial charge in [0.15, 0.2) is 5.82 Å². The predicted octanol–water partition coefficient (Wildman–Crippen LogP) is 2.07. The zero-order chi connectivity index (χ0) is 18.9. The normalized spacial score (nSPS) is 16.5. The van der Waals surface area contributed by atoms with Crippen LogP contribution in [0.15, 0.2) is 24.4 Å². The lowest BCUT2D eigenvalue weighted by atomic mass is 9.92. The number of halogens is 2. The number of benzene rings is 1. The van der Waals surface area contributed by atoms with Crippen LogP contribution in [0.2, 0.25) is 10.0 Å². The van der Waals surface area contributed by atoms with E-state index in [1.165, 1.54) is 0 Å². The summed E-state index contributed by atoms with van der Waals surface area (Å²) in [4.78, 5) is 10.7. The first-order valence-corrected chi connectivity index (χ1v) is 8.93. The van der Waals surface area contributed by atoms with Crippen LogP contribution in [0.25, 0.3) is 0 Å². The van der Waals surface area contributed by atoms with Gasteiger partial charge in [-0.3, -0.25) is 5.41 Å². The van der Waals surface area contributed by atoms with Crippen LogP contribution in [0, 0.1) is 5.41 Å². The topological polar surface area (TPSA) is 125 Å². The zero-order valence-corrected chi connectivity index (χ0v) is 15.6. The Bertz CT molecular complexity index is 836. The molecule has 9 heteroatoms. The van der Waals surface area contributed by atoms with E-state index in [0.29, 0.717) is 42.3 Å². The molecule has 26 heavy (non-hydrogen) atoms.